The highest BCUT2D eigenvalue weighted by atomic mass is 19.2. The number of rotatable bonds is 4. The third-order valence-corrected chi connectivity index (χ3v) is 2.54. The molecule has 0 aromatic heterocycles. The monoisotopic (exact) mass is 278 g/mol. The molecule has 0 spiro atoms. The number of carbonyl (C=O) groups excluding carboxylic acids is 1. The number of hydrogen-bond donors (Lipinski definition) is 2. The molecule has 0 atom stereocenters. The molecule has 0 unspecified atom stereocenters. The molecule has 0 heterocycles. The van der Waals surface area contributed by atoms with Crippen molar-refractivity contribution in [3.63, 3.8) is 0 Å². The van der Waals surface area contributed by atoms with Crippen LogP contribution in [-0.2, 0) is 4.79 Å². The molecule has 0 bridgehead atoms. The van der Waals surface area contributed by atoms with Crippen molar-refractivity contribution in [2.75, 3.05) is 11.9 Å². The second kappa shape index (κ2) is 5.56. The zero-order valence-corrected chi connectivity index (χ0v) is 10.7. The van der Waals surface area contributed by atoms with Crippen molar-refractivity contribution in [3.8, 4) is 0 Å². The molecule has 1 amide bonds. The summed E-state index contributed by atoms with van der Waals surface area (Å²) in [6.07, 6.45) is 0. The lowest BCUT2D eigenvalue weighted by atomic mass is 10.0. The first-order valence-corrected chi connectivity index (χ1v) is 5.60. The van der Waals surface area contributed by atoms with E-state index in [0.717, 1.165) is 0 Å². The van der Waals surface area contributed by atoms with E-state index < -0.39 is 40.4 Å². The van der Waals surface area contributed by atoms with Gasteiger partial charge in [-0.1, -0.05) is 6.92 Å². The van der Waals surface area contributed by atoms with E-state index in [0.29, 0.717) is 6.54 Å². The Morgan fingerprint density at radius 1 is 1.16 bits per heavy atom. The van der Waals surface area contributed by atoms with Gasteiger partial charge in [-0.2, -0.15) is 0 Å². The Hall–Kier alpha value is -1.63. The molecular weight excluding hydrogens is 264 g/mol. The topological polar surface area (TPSA) is 41.1 Å². The van der Waals surface area contributed by atoms with Crippen molar-refractivity contribution in [1.82, 2.24) is 5.32 Å². The fourth-order valence-electron chi connectivity index (χ4n) is 1.47. The van der Waals surface area contributed by atoms with Crippen LogP contribution in [0.1, 0.15) is 20.8 Å². The third kappa shape index (κ3) is 3.23. The number of carbonyl (C=O) groups is 1. The molecule has 7 heteroatoms. The van der Waals surface area contributed by atoms with Crippen LogP contribution < -0.4 is 10.6 Å². The van der Waals surface area contributed by atoms with Crippen molar-refractivity contribution in [2.45, 2.75) is 26.3 Å². The Labute approximate surface area is 108 Å². The molecule has 0 aliphatic carbocycles. The Morgan fingerprint density at radius 3 is 2.05 bits per heavy atom. The van der Waals surface area contributed by atoms with Crippen LogP contribution in [0.25, 0.3) is 0 Å². The summed E-state index contributed by atoms with van der Waals surface area (Å²) in [7, 11) is 0. The van der Waals surface area contributed by atoms with E-state index in [1.807, 2.05) is 5.32 Å². The Morgan fingerprint density at radius 2 is 1.63 bits per heavy atom. The number of hydrogen-bond acceptors (Lipinski definition) is 2. The summed E-state index contributed by atoms with van der Waals surface area (Å²) in [5, 5.41) is 4.62. The highest BCUT2D eigenvalue weighted by molar-refractivity contribution is 5.97. The quantitative estimate of drug-likeness (QED) is 0.656. The van der Waals surface area contributed by atoms with Gasteiger partial charge in [-0.05, 0) is 20.4 Å². The summed E-state index contributed by atoms with van der Waals surface area (Å²) in [6.45, 7) is 5.11. The number of nitrogens with one attached hydrogen (secondary N) is 2. The molecule has 3 nitrogen and oxygen atoms in total. The van der Waals surface area contributed by atoms with E-state index in [-0.39, 0.29) is 6.07 Å². The minimum absolute atomic E-state index is 0.0791. The van der Waals surface area contributed by atoms with Crippen molar-refractivity contribution in [2.24, 2.45) is 0 Å². The summed E-state index contributed by atoms with van der Waals surface area (Å²) >= 11 is 0. The standard InChI is InChI=1S/C12H14F4N2O/c1-4-17-12(2,3)11(19)18-10-8(15)6(13)5-7(14)9(10)16/h5,17H,4H2,1-3H3,(H,18,19). The maximum Gasteiger partial charge on any atom is 0.244 e. The van der Waals surface area contributed by atoms with Crippen LogP contribution in [0.2, 0.25) is 0 Å². The van der Waals surface area contributed by atoms with Crippen LogP contribution in [0.5, 0.6) is 0 Å². The molecule has 0 saturated carbocycles. The predicted octanol–water partition coefficient (Wildman–Crippen LogP) is 2.57. The van der Waals surface area contributed by atoms with Gasteiger partial charge in [-0.15, -0.1) is 0 Å². The predicted molar refractivity (Wildman–Crippen MR) is 62.7 cm³/mol. The van der Waals surface area contributed by atoms with Gasteiger partial charge < -0.3 is 10.6 Å². The van der Waals surface area contributed by atoms with Crippen molar-refractivity contribution in [3.05, 3.63) is 29.3 Å². The molecule has 0 aliphatic heterocycles. The summed E-state index contributed by atoms with van der Waals surface area (Å²) in [6, 6.07) is 0.0791. The van der Waals surface area contributed by atoms with Gasteiger partial charge in [0.1, 0.15) is 5.69 Å². The molecular formula is C12H14F4N2O. The second-order valence-electron chi connectivity index (χ2n) is 4.45. The molecule has 1 aromatic rings. The van der Waals surface area contributed by atoms with Crippen LogP contribution in [0, 0.1) is 23.3 Å². The Kier molecular flexibility index (Phi) is 4.52. The summed E-state index contributed by atoms with van der Waals surface area (Å²) < 4.78 is 52.7. The molecule has 1 aromatic carbocycles. The van der Waals surface area contributed by atoms with Crippen molar-refractivity contribution in [1.29, 1.82) is 0 Å². The van der Waals surface area contributed by atoms with Crippen LogP contribution >= 0.6 is 0 Å². The number of anilines is 1. The van der Waals surface area contributed by atoms with E-state index in [2.05, 4.69) is 5.32 Å². The van der Waals surface area contributed by atoms with Crippen LogP contribution in [0.4, 0.5) is 23.2 Å². The summed E-state index contributed by atoms with van der Waals surface area (Å²) in [5.41, 5.74) is -2.27. The molecule has 0 saturated heterocycles. The maximum atomic E-state index is 13.4. The number of likely N-dealkylation sites (N-methyl/N-ethyl adjacent to an activating group) is 1. The molecule has 2 N–H and O–H groups in total. The van der Waals surface area contributed by atoms with E-state index in [1.54, 1.807) is 6.92 Å². The van der Waals surface area contributed by atoms with Crippen LogP contribution in [-0.4, -0.2) is 18.0 Å². The van der Waals surface area contributed by atoms with Gasteiger partial charge in [-0.3, -0.25) is 4.79 Å². The van der Waals surface area contributed by atoms with Gasteiger partial charge in [0.2, 0.25) is 5.91 Å². The van der Waals surface area contributed by atoms with Gasteiger partial charge >= 0.3 is 0 Å². The fourth-order valence-corrected chi connectivity index (χ4v) is 1.47. The Balaban J connectivity index is 3.10. The average Bonchev–Trinajstić information content (AvgIpc) is 2.31. The highest BCUT2D eigenvalue weighted by Gasteiger charge is 2.29. The lowest BCUT2D eigenvalue weighted by molar-refractivity contribution is -0.121. The van der Waals surface area contributed by atoms with E-state index in [4.69, 9.17) is 0 Å². The number of amides is 1. The lowest BCUT2D eigenvalue weighted by Crippen LogP contribution is -2.49. The second-order valence-corrected chi connectivity index (χ2v) is 4.45. The minimum Gasteiger partial charge on any atom is -0.319 e. The van der Waals surface area contributed by atoms with Gasteiger partial charge in [0.05, 0.1) is 5.54 Å². The molecule has 106 valence electrons. The summed E-state index contributed by atoms with van der Waals surface area (Å²) in [5.74, 6) is -7.23. The Bertz CT molecular complexity index is 477. The van der Waals surface area contributed by atoms with Gasteiger partial charge in [0, 0.05) is 6.07 Å². The first-order chi connectivity index (χ1) is 8.70. The highest BCUT2D eigenvalue weighted by Crippen LogP contribution is 2.24. The zero-order valence-electron chi connectivity index (χ0n) is 10.7. The first-order valence-electron chi connectivity index (χ1n) is 5.60. The van der Waals surface area contributed by atoms with Crippen molar-refractivity contribution < 1.29 is 22.4 Å². The van der Waals surface area contributed by atoms with Crippen molar-refractivity contribution >= 4 is 11.6 Å². The average molecular weight is 278 g/mol. The number of benzene rings is 1. The molecule has 0 fully saturated rings. The first kappa shape index (κ1) is 15.4. The summed E-state index contributed by atoms with van der Waals surface area (Å²) in [4.78, 5) is 11.8. The molecule has 0 aliphatic rings. The largest absolute Gasteiger partial charge is 0.319 e. The lowest BCUT2D eigenvalue weighted by Gasteiger charge is -2.24. The SMILES string of the molecule is CCNC(C)(C)C(=O)Nc1c(F)c(F)cc(F)c1F. The van der Waals surface area contributed by atoms with Crippen LogP contribution in [0.15, 0.2) is 6.07 Å². The van der Waals surface area contributed by atoms with Crippen LogP contribution in [0.3, 0.4) is 0 Å². The fraction of sp³-hybridized carbons (Fsp3) is 0.417. The van der Waals surface area contributed by atoms with E-state index in [9.17, 15) is 22.4 Å². The molecule has 19 heavy (non-hydrogen) atoms. The molecule has 0 radical (unpaired) electrons. The van der Waals surface area contributed by atoms with E-state index >= 15 is 0 Å². The third-order valence-electron chi connectivity index (χ3n) is 2.54. The zero-order chi connectivity index (χ0) is 14.8. The number of halogens is 4. The van der Waals surface area contributed by atoms with Gasteiger partial charge in [0.25, 0.3) is 0 Å². The van der Waals surface area contributed by atoms with Gasteiger partial charge in [-0.25, -0.2) is 17.6 Å². The maximum absolute atomic E-state index is 13.4. The minimum atomic E-state index is -1.64. The van der Waals surface area contributed by atoms with Gasteiger partial charge in [0.15, 0.2) is 23.3 Å². The smallest absolute Gasteiger partial charge is 0.244 e. The van der Waals surface area contributed by atoms with E-state index in [1.165, 1.54) is 13.8 Å². The molecule has 1 rings (SSSR count). The normalized spacial score (nSPS) is 11.5.